The summed E-state index contributed by atoms with van der Waals surface area (Å²) in [6.07, 6.45) is 0. The van der Waals surface area contributed by atoms with Crippen LogP contribution in [0.1, 0.15) is 0 Å². The Kier molecular flexibility index (Phi) is 4.10. The Morgan fingerprint density at radius 2 is 2.25 bits per heavy atom. The molecule has 1 aromatic rings. The molecule has 108 valence electrons. The molecule has 0 bridgehead atoms. The smallest absolute Gasteiger partial charge is 0.311 e. The van der Waals surface area contributed by atoms with E-state index in [0.717, 1.165) is 0 Å². The van der Waals surface area contributed by atoms with Crippen LogP contribution in [-0.4, -0.2) is 42.3 Å². The number of non-ortho nitro benzene ring substituents is 1. The first-order chi connectivity index (χ1) is 9.41. The molecule has 1 fully saturated rings. The van der Waals surface area contributed by atoms with Gasteiger partial charge in [-0.3, -0.25) is 14.9 Å². The van der Waals surface area contributed by atoms with Crippen LogP contribution < -0.4 is 4.90 Å². The van der Waals surface area contributed by atoms with E-state index in [-0.39, 0.29) is 30.0 Å². The minimum atomic E-state index is -0.933. The summed E-state index contributed by atoms with van der Waals surface area (Å²) in [4.78, 5) is 23.0. The Morgan fingerprint density at radius 3 is 2.80 bits per heavy atom. The van der Waals surface area contributed by atoms with Gasteiger partial charge in [-0.25, -0.2) is 0 Å². The van der Waals surface area contributed by atoms with Gasteiger partial charge in [0.05, 0.1) is 34.9 Å². The van der Waals surface area contributed by atoms with Crippen molar-refractivity contribution >= 4 is 28.9 Å². The number of benzene rings is 1. The fourth-order valence-corrected chi connectivity index (χ4v) is 2.54. The molecule has 1 aromatic carbocycles. The molecule has 0 aliphatic carbocycles. The van der Waals surface area contributed by atoms with E-state index in [9.17, 15) is 14.9 Å². The van der Waals surface area contributed by atoms with E-state index >= 15 is 0 Å². The lowest BCUT2D eigenvalue weighted by Crippen LogP contribution is -2.41. The van der Waals surface area contributed by atoms with Gasteiger partial charge in [-0.05, 0) is 6.07 Å². The molecule has 7 nitrogen and oxygen atoms in total. The minimum absolute atomic E-state index is 0.107. The number of hydrogen-bond donors (Lipinski definition) is 1. The summed E-state index contributed by atoms with van der Waals surface area (Å²) in [6.45, 7) is 0.426. The van der Waals surface area contributed by atoms with Gasteiger partial charge in [0.15, 0.2) is 0 Å². The molecule has 1 aliphatic heterocycles. The number of likely N-dealkylation sites (N-methyl/N-ethyl adjacent to an activating group) is 1. The number of hydrogen-bond acceptors (Lipinski definition) is 5. The number of halogens is 1. The van der Waals surface area contributed by atoms with E-state index in [1.807, 2.05) is 0 Å². The third kappa shape index (κ3) is 2.68. The SMILES string of the molecule is CN(c1ccc([N+](=O)[O-])cc1Cl)C1COCC1C(=O)O. The standard InChI is InChI=1S/C12H13ClN2O5/c1-14(11-6-20-5-8(11)12(16)17)10-3-2-7(15(18)19)4-9(10)13/h2-4,8,11H,5-6H2,1H3,(H,16,17). The summed E-state index contributed by atoms with van der Waals surface area (Å²) in [5.74, 6) is -1.58. The Hall–Kier alpha value is -1.86. The van der Waals surface area contributed by atoms with Crippen molar-refractivity contribution in [2.45, 2.75) is 6.04 Å². The lowest BCUT2D eigenvalue weighted by atomic mass is 10.0. The normalized spacial score (nSPS) is 21.7. The van der Waals surface area contributed by atoms with Crippen molar-refractivity contribution in [3.63, 3.8) is 0 Å². The first-order valence-corrected chi connectivity index (χ1v) is 6.27. The van der Waals surface area contributed by atoms with Crippen molar-refractivity contribution in [1.29, 1.82) is 0 Å². The van der Waals surface area contributed by atoms with Gasteiger partial charge in [-0.1, -0.05) is 11.6 Å². The van der Waals surface area contributed by atoms with Crippen molar-refractivity contribution in [2.75, 3.05) is 25.2 Å². The predicted octanol–water partition coefficient (Wildman–Crippen LogP) is 1.78. The summed E-state index contributed by atoms with van der Waals surface area (Å²) in [7, 11) is 1.70. The summed E-state index contributed by atoms with van der Waals surface area (Å²) < 4.78 is 5.20. The van der Waals surface area contributed by atoms with Gasteiger partial charge in [0.25, 0.3) is 5.69 Å². The molecule has 0 amide bonds. The van der Waals surface area contributed by atoms with Crippen molar-refractivity contribution in [2.24, 2.45) is 5.92 Å². The molecule has 2 atom stereocenters. The Morgan fingerprint density at radius 1 is 1.55 bits per heavy atom. The Balaban J connectivity index is 2.27. The highest BCUT2D eigenvalue weighted by molar-refractivity contribution is 6.33. The first kappa shape index (κ1) is 14.5. The molecule has 1 heterocycles. The molecule has 0 spiro atoms. The number of anilines is 1. The van der Waals surface area contributed by atoms with E-state index in [1.165, 1.54) is 18.2 Å². The van der Waals surface area contributed by atoms with Crippen molar-refractivity contribution in [3.05, 3.63) is 33.3 Å². The van der Waals surface area contributed by atoms with Gasteiger partial charge in [0.1, 0.15) is 5.92 Å². The number of carboxylic acids is 1. The van der Waals surface area contributed by atoms with E-state index in [1.54, 1.807) is 11.9 Å². The van der Waals surface area contributed by atoms with E-state index < -0.39 is 16.8 Å². The number of carboxylic acid groups (broad SMARTS) is 1. The van der Waals surface area contributed by atoms with Gasteiger partial charge in [0.2, 0.25) is 0 Å². The number of carbonyl (C=O) groups is 1. The summed E-state index contributed by atoms with van der Waals surface area (Å²) >= 11 is 6.04. The van der Waals surface area contributed by atoms with Crippen LogP contribution in [-0.2, 0) is 9.53 Å². The fourth-order valence-electron chi connectivity index (χ4n) is 2.23. The topological polar surface area (TPSA) is 92.9 Å². The predicted molar refractivity (Wildman–Crippen MR) is 72.2 cm³/mol. The number of nitro benzene ring substituents is 1. The lowest BCUT2D eigenvalue weighted by Gasteiger charge is -2.29. The average Bonchev–Trinajstić information content (AvgIpc) is 2.87. The summed E-state index contributed by atoms with van der Waals surface area (Å²) in [6, 6.07) is 3.74. The third-order valence-corrected chi connectivity index (χ3v) is 3.69. The van der Waals surface area contributed by atoms with E-state index in [0.29, 0.717) is 5.69 Å². The van der Waals surface area contributed by atoms with Crippen molar-refractivity contribution in [1.82, 2.24) is 0 Å². The number of rotatable bonds is 4. The van der Waals surface area contributed by atoms with Crippen LogP contribution in [0, 0.1) is 16.0 Å². The second kappa shape index (κ2) is 5.64. The highest BCUT2D eigenvalue weighted by atomic mass is 35.5. The number of nitrogens with zero attached hydrogens (tertiary/aromatic N) is 2. The van der Waals surface area contributed by atoms with Crippen LogP contribution in [0.3, 0.4) is 0 Å². The summed E-state index contributed by atoms with van der Waals surface area (Å²) in [5, 5.41) is 20.0. The highest BCUT2D eigenvalue weighted by Crippen LogP contribution is 2.32. The first-order valence-electron chi connectivity index (χ1n) is 5.89. The largest absolute Gasteiger partial charge is 0.481 e. The van der Waals surface area contributed by atoms with Gasteiger partial charge < -0.3 is 14.7 Å². The van der Waals surface area contributed by atoms with Crippen LogP contribution in [0.15, 0.2) is 18.2 Å². The third-order valence-electron chi connectivity index (χ3n) is 3.39. The number of aliphatic carboxylic acids is 1. The minimum Gasteiger partial charge on any atom is -0.481 e. The van der Waals surface area contributed by atoms with Crippen LogP contribution in [0.25, 0.3) is 0 Å². The quantitative estimate of drug-likeness (QED) is 0.673. The maximum Gasteiger partial charge on any atom is 0.311 e. The number of ether oxygens (including phenoxy) is 1. The molecule has 0 saturated carbocycles. The van der Waals surface area contributed by atoms with Gasteiger partial charge in [0, 0.05) is 19.2 Å². The molecule has 0 aromatic heterocycles. The zero-order chi connectivity index (χ0) is 14.9. The molecule has 1 aliphatic rings. The van der Waals surface area contributed by atoms with Crippen LogP contribution >= 0.6 is 11.6 Å². The average molecular weight is 301 g/mol. The van der Waals surface area contributed by atoms with Crippen molar-refractivity contribution < 1.29 is 19.6 Å². The van der Waals surface area contributed by atoms with E-state index in [2.05, 4.69) is 0 Å². The van der Waals surface area contributed by atoms with Gasteiger partial charge in [-0.2, -0.15) is 0 Å². The molecule has 0 radical (unpaired) electrons. The van der Waals surface area contributed by atoms with Crippen molar-refractivity contribution in [3.8, 4) is 0 Å². The molecule has 2 rings (SSSR count). The Bertz CT molecular complexity index is 551. The highest BCUT2D eigenvalue weighted by Gasteiger charge is 2.37. The monoisotopic (exact) mass is 300 g/mol. The fraction of sp³-hybridized carbons (Fsp3) is 0.417. The molecule has 2 unspecified atom stereocenters. The van der Waals surface area contributed by atoms with Gasteiger partial charge >= 0.3 is 5.97 Å². The summed E-state index contributed by atoms with van der Waals surface area (Å²) in [5.41, 5.74) is 0.434. The molecule has 20 heavy (non-hydrogen) atoms. The maximum absolute atomic E-state index is 11.1. The van der Waals surface area contributed by atoms with Crippen LogP contribution in [0.5, 0.6) is 0 Å². The van der Waals surface area contributed by atoms with E-state index in [4.69, 9.17) is 21.4 Å². The molecular weight excluding hydrogens is 288 g/mol. The van der Waals surface area contributed by atoms with Crippen LogP contribution in [0.2, 0.25) is 5.02 Å². The second-order valence-corrected chi connectivity index (χ2v) is 4.96. The van der Waals surface area contributed by atoms with Gasteiger partial charge in [-0.15, -0.1) is 0 Å². The zero-order valence-corrected chi connectivity index (χ0v) is 11.4. The molecule has 8 heteroatoms. The lowest BCUT2D eigenvalue weighted by molar-refractivity contribution is -0.384. The molecule has 1 saturated heterocycles. The number of nitro groups is 1. The second-order valence-electron chi connectivity index (χ2n) is 4.55. The maximum atomic E-state index is 11.1. The molecular formula is C12H13ClN2O5. The molecule has 1 N–H and O–H groups in total. The zero-order valence-electron chi connectivity index (χ0n) is 10.7. The van der Waals surface area contributed by atoms with Crippen LogP contribution in [0.4, 0.5) is 11.4 Å². The Labute approximate surface area is 119 Å².